The molecule has 2 aromatic carbocycles. The first-order chi connectivity index (χ1) is 21.9. The van der Waals surface area contributed by atoms with Gasteiger partial charge in [0.2, 0.25) is 0 Å². The lowest BCUT2D eigenvalue weighted by Gasteiger charge is -2.27. The Bertz CT molecular complexity index is 1840. The minimum absolute atomic E-state index is 0.0460. The number of carbonyl (C=O) groups excluding carboxylic acids is 2. The smallest absolute Gasteiger partial charge is 0.338 e. The molecule has 12 heteroatoms. The summed E-state index contributed by atoms with van der Waals surface area (Å²) in [6.07, 6.45) is 1.47. The van der Waals surface area contributed by atoms with Gasteiger partial charge >= 0.3 is 11.9 Å². The van der Waals surface area contributed by atoms with Gasteiger partial charge in [0.1, 0.15) is 10.5 Å². The van der Waals surface area contributed by atoms with Crippen molar-refractivity contribution in [3.05, 3.63) is 72.6 Å². The average molecular weight is 653 g/mol. The number of rotatable bonds is 12. The molecule has 1 aliphatic heterocycles. The van der Waals surface area contributed by atoms with Crippen LogP contribution in [0.4, 0.5) is 0 Å². The maximum Gasteiger partial charge on any atom is 0.338 e. The fraction of sp³-hybridized carbons (Fsp3) is 0.382. The monoisotopic (exact) mass is 652 g/mol. The number of methoxy groups -OCH3 is 2. The second-order valence-electron chi connectivity index (χ2n) is 10.8. The molecule has 0 saturated carbocycles. The van der Waals surface area contributed by atoms with Gasteiger partial charge in [-0.25, -0.2) is 9.59 Å². The lowest BCUT2D eigenvalue weighted by molar-refractivity contribution is -0.138. The number of esters is 2. The molecule has 0 spiro atoms. The van der Waals surface area contributed by atoms with Crippen molar-refractivity contribution in [1.82, 2.24) is 4.57 Å². The van der Waals surface area contributed by atoms with Crippen LogP contribution in [0.1, 0.15) is 58.6 Å². The molecule has 0 radical (unpaired) electrons. The molecule has 1 atom stereocenters. The number of fused-ring (bicyclic) bond motifs is 1. The molecule has 0 bridgehead atoms. The van der Waals surface area contributed by atoms with Gasteiger partial charge in [-0.2, -0.15) is 0 Å². The summed E-state index contributed by atoms with van der Waals surface area (Å²) < 4.78 is 35.4. The quantitative estimate of drug-likeness (QED) is 0.289. The number of hydrogen-bond donors (Lipinski definition) is 1. The zero-order valence-corrected chi connectivity index (χ0v) is 28.1. The molecule has 4 rings (SSSR count). The molecule has 0 amide bonds. The Balaban J connectivity index is 2.05. The first-order valence-electron chi connectivity index (χ1n) is 15.0. The minimum Gasteiger partial charge on any atom is -0.493 e. The van der Waals surface area contributed by atoms with Crippen molar-refractivity contribution in [2.75, 3.05) is 27.4 Å². The average Bonchev–Trinajstić information content (AvgIpc) is 3.32. The first-order valence-corrected chi connectivity index (χ1v) is 15.8. The molecule has 0 aliphatic carbocycles. The Morgan fingerprint density at radius 2 is 1.39 bits per heavy atom. The molecular weight excluding hydrogens is 612 g/mol. The molecule has 2 heterocycles. The van der Waals surface area contributed by atoms with Crippen molar-refractivity contribution in [3.8, 4) is 23.0 Å². The van der Waals surface area contributed by atoms with Crippen LogP contribution in [0.3, 0.4) is 0 Å². The van der Waals surface area contributed by atoms with E-state index in [1.54, 1.807) is 56.3 Å². The molecule has 1 unspecified atom stereocenters. The Hall–Kier alpha value is -4.71. The predicted molar refractivity (Wildman–Crippen MR) is 176 cm³/mol. The zero-order chi connectivity index (χ0) is 33.7. The van der Waals surface area contributed by atoms with Crippen LogP contribution in [-0.2, 0) is 19.1 Å². The molecule has 0 saturated heterocycles. The number of nitrogens with two attached hydrogens (primary N) is 1. The summed E-state index contributed by atoms with van der Waals surface area (Å²) in [5, 5.41) is 0. The van der Waals surface area contributed by atoms with Crippen LogP contribution in [0.5, 0.6) is 23.0 Å². The van der Waals surface area contributed by atoms with Gasteiger partial charge in [-0.05, 0) is 83.0 Å². The van der Waals surface area contributed by atoms with E-state index in [-0.39, 0.29) is 51.6 Å². The van der Waals surface area contributed by atoms with Crippen LogP contribution in [0, 0.1) is 0 Å². The van der Waals surface area contributed by atoms with Gasteiger partial charge < -0.3 is 34.2 Å². The van der Waals surface area contributed by atoms with E-state index < -0.39 is 23.4 Å². The Labute approximate surface area is 271 Å². The minimum atomic E-state index is -1.04. The van der Waals surface area contributed by atoms with Gasteiger partial charge in [-0.1, -0.05) is 12.1 Å². The van der Waals surface area contributed by atoms with Crippen LogP contribution < -0.4 is 39.4 Å². The van der Waals surface area contributed by atoms with Crippen LogP contribution in [0.15, 0.2) is 46.8 Å². The number of ether oxygens (including phenoxy) is 6. The van der Waals surface area contributed by atoms with Gasteiger partial charge in [-0.3, -0.25) is 9.36 Å². The van der Waals surface area contributed by atoms with E-state index in [0.717, 1.165) is 11.3 Å². The molecule has 1 aliphatic rings. The summed E-state index contributed by atoms with van der Waals surface area (Å²) >= 11 is 1.06. The van der Waals surface area contributed by atoms with Gasteiger partial charge in [-0.15, -0.1) is 11.3 Å². The third kappa shape index (κ3) is 6.91. The van der Waals surface area contributed by atoms with Crippen LogP contribution >= 0.6 is 11.3 Å². The maximum absolute atomic E-state index is 14.0. The number of thiazole rings is 1. The number of nitrogens with zero attached hydrogens (tertiary/aromatic N) is 1. The third-order valence-electron chi connectivity index (χ3n) is 6.87. The van der Waals surface area contributed by atoms with Gasteiger partial charge in [0.25, 0.3) is 5.56 Å². The van der Waals surface area contributed by atoms with Crippen molar-refractivity contribution in [2.24, 2.45) is 5.73 Å². The highest BCUT2D eigenvalue weighted by Gasteiger charge is 2.40. The molecule has 2 N–H and O–H groups in total. The number of hydrogen-bond acceptors (Lipinski definition) is 11. The van der Waals surface area contributed by atoms with Gasteiger partial charge in [0.05, 0.1) is 61.2 Å². The van der Waals surface area contributed by atoms with E-state index in [2.05, 4.69) is 0 Å². The standard InChI is InChI=1S/C34H40N2O9S/c1-9-42-33(38)28-27(21-12-14-23(45-19(5)6)25(17-21)41-8)29(34(39)43-10-2)32-36(30(28)35)31(37)26(46-32)16-20-11-13-22(44-18(3)4)24(15-20)40-7/h11-19,27H,9-10,35H2,1-8H3/b26-16+. The summed E-state index contributed by atoms with van der Waals surface area (Å²) in [7, 11) is 3.03. The van der Waals surface area contributed by atoms with E-state index in [9.17, 15) is 14.4 Å². The van der Waals surface area contributed by atoms with Crippen LogP contribution in [0.25, 0.3) is 17.5 Å². The van der Waals surface area contributed by atoms with E-state index in [1.165, 1.54) is 18.8 Å². The lowest BCUT2D eigenvalue weighted by atomic mass is 9.83. The van der Waals surface area contributed by atoms with Crippen molar-refractivity contribution in [1.29, 1.82) is 0 Å². The van der Waals surface area contributed by atoms with E-state index in [1.807, 2.05) is 27.7 Å². The highest BCUT2D eigenvalue weighted by Crippen LogP contribution is 2.41. The van der Waals surface area contributed by atoms with Crippen molar-refractivity contribution in [2.45, 2.75) is 59.7 Å². The molecule has 11 nitrogen and oxygen atoms in total. The maximum atomic E-state index is 14.0. The summed E-state index contributed by atoms with van der Waals surface area (Å²) in [6, 6.07) is 10.4. The SMILES string of the molecule is CCOC(=O)C1=C(N)n2c(s/c(=C/c3ccc(OC(C)C)c(OC)c3)c2=O)=C(C(=O)OCC)C1c1ccc(OC(C)C)c(OC)c1. The van der Waals surface area contributed by atoms with Crippen molar-refractivity contribution in [3.63, 3.8) is 0 Å². The molecule has 1 aromatic heterocycles. The molecule has 0 fully saturated rings. The number of benzene rings is 2. The van der Waals surface area contributed by atoms with Gasteiger partial charge in [0.15, 0.2) is 23.0 Å². The van der Waals surface area contributed by atoms with E-state index in [0.29, 0.717) is 34.1 Å². The van der Waals surface area contributed by atoms with E-state index >= 15 is 0 Å². The van der Waals surface area contributed by atoms with E-state index in [4.69, 9.17) is 34.2 Å². The largest absolute Gasteiger partial charge is 0.493 e. The fourth-order valence-electron chi connectivity index (χ4n) is 5.09. The molecular formula is C34H40N2O9S. The second-order valence-corrected chi connectivity index (χ2v) is 11.8. The zero-order valence-electron chi connectivity index (χ0n) is 27.3. The third-order valence-corrected chi connectivity index (χ3v) is 7.98. The van der Waals surface area contributed by atoms with Gasteiger partial charge in [0, 0.05) is 0 Å². The highest BCUT2D eigenvalue weighted by molar-refractivity contribution is 7.07. The normalized spacial score (nSPS) is 14.8. The fourth-order valence-corrected chi connectivity index (χ4v) is 6.25. The summed E-state index contributed by atoms with van der Waals surface area (Å²) in [5.74, 6) is -0.747. The highest BCUT2D eigenvalue weighted by atomic mass is 32.1. The molecule has 3 aromatic rings. The first kappa shape index (κ1) is 34.2. The van der Waals surface area contributed by atoms with Crippen LogP contribution in [0.2, 0.25) is 0 Å². The van der Waals surface area contributed by atoms with Crippen LogP contribution in [-0.4, -0.2) is 56.1 Å². The topological polar surface area (TPSA) is 138 Å². The number of aromatic nitrogens is 1. The lowest BCUT2D eigenvalue weighted by Crippen LogP contribution is -2.42. The Morgan fingerprint density at radius 1 is 0.848 bits per heavy atom. The molecule has 46 heavy (non-hydrogen) atoms. The Kier molecular flexibility index (Phi) is 10.8. The van der Waals surface area contributed by atoms with Crippen molar-refractivity contribution < 1.29 is 38.0 Å². The predicted octanol–water partition coefficient (Wildman–Crippen LogP) is 3.53. The molecule has 246 valence electrons. The summed E-state index contributed by atoms with van der Waals surface area (Å²) in [4.78, 5) is 41.3. The Morgan fingerprint density at radius 3 is 1.93 bits per heavy atom. The summed E-state index contributed by atoms with van der Waals surface area (Å²) in [5.41, 5.74) is 7.27. The number of carbonyl (C=O) groups is 2. The second kappa shape index (κ2) is 14.6. The van der Waals surface area contributed by atoms with Crippen molar-refractivity contribution >= 4 is 40.7 Å². The summed E-state index contributed by atoms with van der Waals surface area (Å²) in [6.45, 7) is 11.0.